The number of hydrogen-bond acceptors (Lipinski definition) is 3. The molecule has 4 N–H and O–H groups in total. The summed E-state index contributed by atoms with van der Waals surface area (Å²) in [6.45, 7) is 5.93. The molecule has 2 rings (SSSR count). The van der Waals surface area contributed by atoms with E-state index in [9.17, 15) is 0 Å². The van der Waals surface area contributed by atoms with Crippen molar-refractivity contribution in [1.29, 1.82) is 0 Å². The summed E-state index contributed by atoms with van der Waals surface area (Å²) in [5, 5.41) is 0.984. The predicted octanol–water partition coefficient (Wildman–Crippen LogP) is 2.32. The second kappa shape index (κ2) is 3.12. The number of nitrogens with two attached hydrogens (primary N) is 2. The molecule has 0 aliphatic heterocycles. The predicted molar refractivity (Wildman–Crippen MR) is 64.8 cm³/mol. The fourth-order valence-electron chi connectivity index (χ4n) is 1.79. The van der Waals surface area contributed by atoms with Crippen molar-refractivity contribution in [2.24, 2.45) is 0 Å². The Bertz CT molecular complexity index is 544. The van der Waals surface area contributed by atoms with E-state index in [4.69, 9.17) is 11.5 Å². The van der Waals surface area contributed by atoms with Gasteiger partial charge >= 0.3 is 0 Å². The number of pyridine rings is 1. The highest BCUT2D eigenvalue weighted by Crippen LogP contribution is 2.30. The van der Waals surface area contributed by atoms with Crippen molar-refractivity contribution in [3.8, 4) is 0 Å². The van der Waals surface area contributed by atoms with Crippen LogP contribution in [-0.2, 0) is 0 Å². The molecule has 0 spiro atoms. The van der Waals surface area contributed by atoms with Gasteiger partial charge in [-0.15, -0.1) is 0 Å². The monoisotopic (exact) mass is 201 g/mol. The normalized spacial score (nSPS) is 10.9. The van der Waals surface area contributed by atoms with Crippen molar-refractivity contribution in [2.75, 3.05) is 11.5 Å². The summed E-state index contributed by atoms with van der Waals surface area (Å²) < 4.78 is 0. The molecule has 0 radical (unpaired) electrons. The number of nitrogen functional groups attached to an aromatic ring is 2. The summed E-state index contributed by atoms with van der Waals surface area (Å²) in [7, 11) is 0. The van der Waals surface area contributed by atoms with Gasteiger partial charge in [-0.1, -0.05) is 0 Å². The van der Waals surface area contributed by atoms with Crippen LogP contribution < -0.4 is 11.5 Å². The van der Waals surface area contributed by atoms with E-state index in [1.54, 1.807) is 0 Å². The summed E-state index contributed by atoms with van der Waals surface area (Å²) in [4.78, 5) is 4.50. The Kier molecular flexibility index (Phi) is 2.03. The maximum absolute atomic E-state index is 6.09. The van der Waals surface area contributed by atoms with Gasteiger partial charge in [0.2, 0.25) is 0 Å². The Labute approximate surface area is 89.1 Å². The van der Waals surface area contributed by atoms with Gasteiger partial charge in [-0.3, -0.25) is 4.98 Å². The number of hydrogen-bond donors (Lipinski definition) is 2. The molecule has 2 aromatic rings. The molecule has 0 fully saturated rings. The van der Waals surface area contributed by atoms with Crippen molar-refractivity contribution in [2.45, 2.75) is 20.8 Å². The second-order valence-corrected chi connectivity index (χ2v) is 3.91. The zero-order valence-corrected chi connectivity index (χ0v) is 9.26. The van der Waals surface area contributed by atoms with Crippen LogP contribution in [0.15, 0.2) is 12.1 Å². The minimum atomic E-state index is 0.763. The Balaban J connectivity index is 3.00. The van der Waals surface area contributed by atoms with Gasteiger partial charge in [0, 0.05) is 22.5 Å². The Morgan fingerprint density at radius 1 is 1.00 bits per heavy atom. The quantitative estimate of drug-likeness (QED) is 0.643. The number of nitrogens with zero attached hydrogens (tertiary/aromatic N) is 1. The molecular formula is C12H15N3. The number of aromatic nitrogens is 1. The lowest BCUT2D eigenvalue weighted by atomic mass is 10.0. The van der Waals surface area contributed by atoms with Crippen molar-refractivity contribution in [3.63, 3.8) is 0 Å². The summed E-state index contributed by atoms with van der Waals surface area (Å²) >= 11 is 0. The molecule has 3 heteroatoms. The number of anilines is 2. The smallest absolute Gasteiger partial charge is 0.0730 e. The van der Waals surface area contributed by atoms with E-state index in [2.05, 4.69) is 4.98 Å². The topological polar surface area (TPSA) is 64.9 Å². The number of rotatable bonds is 0. The van der Waals surface area contributed by atoms with Crippen LogP contribution in [-0.4, -0.2) is 4.98 Å². The first kappa shape index (κ1) is 9.77. The van der Waals surface area contributed by atoms with Crippen LogP contribution in [0, 0.1) is 20.8 Å². The zero-order valence-electron chi connectivity index (χ0n) is 9.26. The van der Waals surface area contributed by atoms with Crippen LogP contribution in [0.1, 0.15) is 16.8 Å². The fourth-order valence-corrected chi connectivity index (χ4v) is 1.79. The van der Waals surface area contributed by atoms with E-state index < -0.39 is 0 Å². The van der Waals surface area contributed by atoms with Gasteiger partial charge in [0.05, 0.1) is 5.52 Å². The van der Waals surface area contributed by atoms with Gasteiger partial charge in [0.15, 0.2) is 0 Å². The minimum absolute atomic E-state index is 0.763. The fraction of sp³-hybridized carbons (Fsp3) is 0.250. The molecule has 0 saturated carbocycles. The molecule has 15 heavy (non-hydrogen) atoms. The first-order valence-corrected chi connectivity index (χ1v) is 4.94. The highest BCUT2D eigenvalue weighted by atomic mass is 14.7. The molecule has 0 saturated heterocycles. The molecule has 0 aliphatic carbocycles. The van der Waals surface area contributed by atoms with E-state index in [1.807, 2.05) is 32.9 Å². The van der Waals surface area contributed by atoms with Crippen LogP contribution in [0.5, 0.6) is 0 Å². The van der Waals surface area contributed by atoms with E-state index >= 15 is 0 Å². The van der Waals surface area contributed by atoms with Crippen LogP contribution >= 0.6 is 0 Å². The first-order valence-electron chi connectivity index (χ1n) is 4.94. The van der Waals surface area contributed by atoms with E-state index in [0.717, 1.165) is 39.1 Å². The molecule has 1 aromatic heterocycles. The Morgan fingerprint density at radius 2 is 1.67 bits per heavy atom. The van der Waals surface area contributed by atoms with Gasteiger partial charge in [0.25, 0.3) is 0 Å². The van der Waals surface area contributed by atoms with Crippen LogP contribution in [0.25, 0.3) is 10.9 Å². The Hall–Kier alpha value is -1.77. The third-order valence-electron chi connectivity index (χ3n) is 2.99. The number of aryl methyl sites for hydroxylation is 2. The molecule has 0 aliphatic rings. The van der Waals surface area contributed by atoms with Crippen LogP contribution in [0.4, 0.5) is 11.4 Å². The van der Waals surface area contributed by atoms with Gasteiger partial charge in [-0.25, -0.2) is 0 Å². The lowest BCUT2D eigenvalue weighted by molar-refractivity contribution is 1.20. The lowest BCUT2D eigenvalue weighted by Gasteiger charge is -2.11. The van der Waals surface area contributed by atoms with Crippen LogP contribution in [0.3, 0.4) is 0 Å². The first-order chi connectivity index (χ1) is 7.02. The second-order valence-electron chi connectivity index (χ2n) is 3.91. The zero-order chi connectivity index (χ0) is 11.2. The number of fused-ring (bicyclic) bond motifs is 1. The molecule has 1 aromatic carbocycles. The van der Waals surface area contributed by atoms with Gasteiger partial charge in [-0.05, 0) is 44.0 Å². The van der Waals surface area contributed by atoms with Gasteiger partial charge in [0.1, 0.15) is 0 Å². The van der Waals surface area contributed by atoms with Crippen molar-refractivity contribution in [3.05, 3.63) is 29.0 Å². The van der Waals surface area contributed by atoms with Gasteiger partial charge in [-0.2, -0.15) is 0 Å². The molecular weight excluding hydrogens is 186 g/mol. The summed E-state index contributed by atoms with van der Waals surface area (Å²) in [5.74, 6) is 0. The van der Waals surface area contributed by atoms with Crippen LogP contribution in [0.2, 0.25) is 0 Å². The lowest BCUT2D eigenvalue weighted by Crippen LogP contribution is -2.00. The molecule has 0 amide bonds. The maximum atomic E-state index is 6.09. The summed E-state index contributed by atoms with van der Waals surface area (Å²) in [6.07, 6.45) is 0. The molecule has 78 valence electrons. The van der Waals surface area contributed by atoms with E-state index in [1.165, 1.54) is 0 Å². The highest BCUT2D eigenvalue weighted by Gasteiger charge is 2.09. The average molecular weight is 201 g/mol. The maximum Gasteiger partial charge on any atom is 0.0730 e. The largest absolute Gasteiger partial charge is 0.398 e. The molecule has 1 heterocycles. The van der Waals surface area contributed by atoms with Crippen molar-refractivity contribution in [1.82, 2.24) is 4.98 Å². The number of benzene rings is 1. The summed E-state index contributed by atoms with van der Waals surface area (Å²) in [6, 6.07) is 3.79. The summed E-state index contributed by atoms with van der Waals surface area (Å²) in [5.41, 5.74) is 17.5. The Morgan fingerprint density at radius 3 is 2.33 bits per heavy atom. The minimum Gasteiger partial charge on any atom is -0.398 e. The molecule has 0 unspecified atom stereocenters. The SMILES string of the molecule is Cc1nc2ccc(N)c(C)c2c(N)c1C. The van der Waals surface area contributed by atoms with E-state index in [0.29, 0.717) is 0 Å². The average Bonchev–Trinajstić information content (AvgIpc) is 2.20. The standard InChI is InChI=1S/C12H15N3/c1-6-8(3)15-10-5-4-9(13)7(2)11(10)12(6)14/h4-5H,13H2,1-3H3,(H2,14,15). The van der Waals surface area contributed by atoms with Gasteiger partial charge < -0.3 is 11.5 Å². The third kappa shape index (κ3) is 1.31. The van der Waals surface area contributed by atoms with Crippen molar-refractivity contribution < 1.29 is 0 Å². The van der Waals surface area contributed by atoms with Crippen molar-refractivity contribution >= 4 is 22.3 Å². The molecule has 0 atom stereocenters. The highest BCUT2D eigenvalue weighted by molar-refractivity contribution is 5.97. The molecule has 3 nitrogen and oxygen atoms in total. The molecule has 0 bridgehead atoms. The third-order valence-corrected chi connectivity index (χ3v) is 2.99. The van der Waals surface area contributed by atoms with E-state index in [-0.39, 0.29) is 0 Å².